The van der Waals surface area contributed by atoms with E-state index in [0.717, 1.165) is 14.7 Å². The Morgan fingerprint density at radius 2 is 1.79 bits per heavy atom. The van der Waals surface area contributed by atoms with E-state index in [-0.39, 0.29) is 5.97 Å². The molecule has 0 unspecified atom stereocenters. The molecule has 0 saturated carbocycles. The molecule has 0 N–H and O–H groups in total. The summed E-state index contributed by atoms with van der Waals surface area (Å²) >= 11 is -2.13. The Labute approximate surface area is 119 Å². The number of hydrogen-bond donors (Lipinski definition) is 0. The van der Waals surface area contributed by atoms with E-state index in [0.29, 0.717) is 5.56 Å². The van der Waals surface area contributed by atoms with Crippen LogP contribution in [0.25, 0.3) is 0 Å². The first-order valence-electron chi connectivity index (χ1n) is 5.85. The van der Waals surface area contributed by atoms with Crippen molar-refractivity contribution in [2.45, 2.75) is 6.92 Å². The van der Waals surface area contributed by atoms with Crippen LogP contribution >= 0.6 is 20.2 Å². The summed E-state index contributed by atoms with van der Waals surface area (Å²) in [4.78, 5) is 11.7. The van der Waals surface area contributed by atoms with Gasteiger partial charge in [0.05, 0.1) is 0 Å². The third kappa shape index (κ3) is 2.36. The van der Waals surface area contributed by atoms with Crippen LogP contribution in [0.5, 0.6) is 0 Å². The second-order valence-electron chi connectivity index (χ2n) is 4.13. The molecule has 0 aliphatic carbocycles. The van der Waals surface area contributed by atoms with Gasteiger partial charge >= 0.3 is 120 Å². The predicted octanol–water partition coefficient (Wildman–Crippen LogP) is 3.77. The van der Waals surface area contributed by atoms with Crippen molar-refractivity contribution in [2.75, 3.05) is 0 Å². The Kier molecular flexibility index (Phi) is 3.26. The number of carbonyl (C=O) groups excluding carboxylic acids is 1. The van der Waals surface area contributed by atoms with Crippen molar-refractivity contribution < 1.29 is 7.86 Å². The van der Waals surface area contributed by atoms with Gasteiger partial charge < -0.3 is 0 Å². The zero-order valence-electron chi connectivity index (χ0n) is 10.3. The molecule has 0 radical (unpaired) electrons. The molecular formula is C16H11IO2. The molecule has 1 aliphatic heterocycles. The molecule has 19 heavy (non-hydrogen) atoms. The molecule has 3 heteroatoms. The summed E-state index contributed by atoms with van der Waals surface area (Å²) in [5, 5.41) is 0. The summed E-state index contributed by atoms with van der Waals surface area (Å²) in [5.74, 6) is 2.94. The first kappa shape index (κ1) is 12.2. The zero-order chi connectivity index (χ0) is 13.2. The van der Waals surface area contributed by atoms with E-state index >= 15 is 0 Å². The topological polar surface area (TPSA) is 26.3 Å². The average Bonchev–Trinajstić information content (AvgIpc) is 2.75. The van der Waals surface area contributed by atoms with E-state index in [4.69, 9.17) is 3.07 Å². The normalized spacial score (nSPS) is 14.4. The Bertz CT molecular complexity index is 710. The number of rotatable bonds is 0. The van der Waals surface area contributed by atoms with Gasteiger partial charge in [0.25, 0.3) is 0 Å². The van der Waals surface area contributed by atoms with E-state index in [1.54, 1.807) is 0 Å². The SMILES string of the molecule is Cc1ccccc1C#CI1OC(=O)c2ccccc21. The molecule has 0 aromatic heterocycles. The van der Waals surface area contributed by atoms with Gasteiger partial charge in [0.2, 0.25) is 0 Å². The third-order valence-corrected chi connectivity index (χ3v) is 6.43. The van der Waals surface area contributed by atoms with Crippen LogP contribution in [-0.2, 0) is 3.07 Å². The summed E-state index contributed by atoms with van der Waals surface area (Å²) < 4.78 is 9.64. The zero-order valence-corrected chi connectivity index (χ0v) is 12.5. The molecule has 2 nitrogen and oxygen atoms in total. The van der Waals surface area contributed by atoms with E-state index in [1.165, 1.54) is 0 Å². The van der Waals surface area contributed by atoms with E-state index in [9.17, 15) is 4.79 Å². The van der Waals surface area contributed by atoms with Crippen LogP contribution in [0, 0.1) is 20.3 Å². The van der Waals surface area contributed by atoms with Gasteiger partial charge in [-0.3, -0.25) is 0 Å². The van der Waals surface area contributed by atoms with Gasteiger partial charge in [-0.05, 0) is 0 Å². The van der Waals surface area contributed by atoms with Crippen molar-refractivity contribution in [1.29, 1.82) is 0 Å². The maximum absolute atomic E-state index is 11.7. The summed E-state index contributed by atoms with van der Waals surface area (Å²) in [6.45, 7) is 2.03. The van der Waals surface area contributed by atoms with Gasteiger partial charge in [0.15, 0.2) is 0 Å². The Balaban J connectivity index is 1.95. The first-order chi connectivity index (χ1) is 9.25. The molecule has 0 amide bonds. The number of fused-ring (bicyclic) bond motifs is 1. The molecule has 0 spiro atoms. The molecule has 94 valence electrons. The van der Waals surface area contributed by atoms with Crippen molar-refractivity contribution >= 4 is 26.2 Å². The minimum absolute atomic E-state index is 0.222. The van der Waals surface area contributed by atoms with Gasteiger partial charge in [-0.25, -0.2) is 0 Å². The van der Waals surface area contributed by atoms with E-state index < -0.39 is 20.2 Å². The molecule has 2 aromatic carbocycles. The maximum atomic E-state index is 11.7. The quantitative estimate of drug-likeness (QED) is 0.527. The fourth-order valence-electron chi connectivity index (χ4n) is 1.81. The molecule has 1 heterocycles. The first-order valence-corrected chi connectivity index (χ1v) is 8.88. The van der Waals surface area contributed by atoms with Crippen LogP contribution in [0.4, 0.5) is 0 Å². The van der Waals surface area contributed by atoms with E-state index in [1.807, 2.05) is 55.5 Å². The van der Waals surface area contributed by atoms with Crippen LogP contribution < -0.4 is 0 Å². The van der Waals surface area contributed by atoms with Gasteiger partial charge in [-0.2, -0.15) is 0 Å². The Morgan fingerprint density at radius 1 is 1.05 bits per heavy atom. The number of halogens is 1. The van der Waals surface area contributed by atoms with Crippen molar-refractivity contribution in [3.8, 4) is 9.85 Å². The number of aryl methyl sites for hydroxylation is 1. The standard InChI is InChI=1S/C16H11IO2/c1-12-6-2-3-7-13(12)10-11-17-15-9-5-4-8-14(15)16(18)19-17/h2-9H,1H3. The summed E-state index contributed by atoms with van der Waals surface area (Å²) in [7, 11) is 0. The second-order valence-corrected chi connectivity index (χ2v) is 7.69. The summed E-state index contributed by atoms with van der Waals surface area (Å²) in [5.41, 5.74) is 2.83. The minimum atomic E-state index is -2.13. The molecule has 0 saturated heterocycles. The van der Waals surface area contributed by atoms with Gasteiger partial charge in [0.1, 0.15) is 0 Å². The third-order valence-electron chi connectivity index (χ3n) is 2.84. The van der Waals surface area contributed by atoms with Gasteiger partial charge in [-0.15, -0.1) is 0 Å². The molecule has 0 atom stereocenters. The number of hydrogen-bond acceptors (Lipinski definition) is 2. The molecule has 3 rings (SSSR count). The van der Waals surface area contributed by atoms with Gasteiger partial charge in [0, 0.05) is 0 Å². The van der Waals surface area contributed by atoms with Crippen LogP contribution in [-0.4, -0.2) is 5.97 Å². The van der Waals surface area contributed by atoms with Gasteiger partial charge in [-0.1, -0.05) is 0 Å². The van der Waals surface area contributed by atoms with Crippen molar-refractivity contribution in [3.05, 3.63) is 68.8 Å². The Morgan fingerprint density at radius 3 is 2.63 bits per heavy atom. The predicted molar refractivity (Wildman–Crippen MR) is 82.6 cm³/mol. The fraction of sp³-hybridized carbons (Fsp3) is 0.0625. The molecule has 0 fully saturated rings. The molecular weight excluding hydrogens is 351 g/mol. The molecule has 1 aliphatic rings. The molecule has 0 bridgehead atoms. The van der Waals surface area contributed by atoms with Crippen LogP contribution in [0.15, 0.2) is 48.5 Å². The number of carbonyl (C=O) groups is 1. The Hall–Kier alpha value is -1.80. The second kappa shape index (κ2) is 5.06. The van der Waals surface area contributed by atoms with Crippen LogP contribution in [0.1, 0.15) is 21.5 Å². The number of benzene rings is 2. The summed E-state index contributed by atoms with van der Waals surface area (Å²) in [6.07, 6.45) is 0. The monoisotopic (exact) mass is 362 g/mol. The average molecular weight is 362 g/mol. The van der Waals surface area contributed by atoms with Crippen molar-refractivity contribution in [2.24, 2.45) is 0 Å². The van der Waals surface area contributed by atoms with Crippen molar-refractivity contribution in [1.82, 2.24) is 0 Å². The fourth-order valence-corrected chi connectivity index (χ4v) is 5.08. The van der Waals surface area contributed by atoms with E-state index in [2.05, 4.69) is 9.85 Å². The van der Waals surface area contributed by atoms with Crippen molar-refractivity contribution in [3.63, 3.8) is 0 Å². The molecule has 2 aromatic rings. The summed E-state index contributed by atoms with van der Waals surface area (Å²) in [6, 6.07) is 15.5. The van der Waals surface area contributed by atoms with Crippen LogP contribution in [0.2, 0.25) is 0 Å². The van der Waals surface area contributed by atoms with Crippen LogP contribution in [0.3, 0.4) is 0 Å².